The van der Waals surface area contributed by atoms with Gasteiger partial charge in [-0.2, -0.15) is 0 Å². The lowest BCUT2D eigenvalue weighted by Gasteiger charge is -2.23. The van der Waals surface area contributed by atoms with Crippen molar-refractivity contribution in [1.29, 1.82) is 0 Å². The number of fused-ring (bicyclic) bond motifs is 2. The molecule has 0 atom stereocenters. The summed E-state index contributed by atoms with van der Waals surface area (Å²) in [6.07, 6.45) is 0. The van der Waals surface area contributed by atoms with Crippen LogP contribution in [0.25, 0.3) is 109 Å². The Morgan fingerprint density at radius 1 is 0.185 bits per heavy atom. The SMILES string of the molecule is c1ccc(-c2cccc(-c3ccccc3)c2-c2c3ccccc3c(-c3ccc4ccc5ccc(-c6ccccc6)c6ccc3c4c56)c3ccccc23)cc1. The third kappa shape index (κ3) is 4.64. The van der Waals surface area contributed by atoms with E-state index < -0.39 is 0 Å². The molecule has 0 bridgehead atoms. The van der Waals surface area contributed by atoms with Crippen molar-refractivity contribution >= 4 is 53.9 Å². The minimum absolute atomic E-state index is 1.21. The van der Waals surface area contributed by atoms with Crippen molar-refractivity contribution in [3.63, 3.8) is 0 Å². The molecule has 0 saturated carbocycles. The smallest absolute Gasteiger partial charge is 0.00139 e. The fourth-order valence-corrected chi connectivity index (χ4v) is 9.11. The fraction of sp³-hybridized carbons (Fsp3) is 0. The van der Waals surface area contributed by atoms with E-state index in [9.17, 15) is 0 Å². The minimum atomic E-state index is 1.21. The highest BCUT2D eigenvalue weighted by Crippen LogP contribution is 2.51. The van der Waals surface area contributed by atoms with Gasteiger partial charge in [-0.25, -0.2) is 0 Å². The summed E-state index contributed by atoms with van der Waals surface area (Å²) in [7, 11) is 0. The van der Waals surface area contributed by atoms with Crippen molar-refractivity contribution in [2.45, 2.75) is 0 Å². The predicted molar refractivity (Wildman–Crippen MR) is 232 cm³/mol. The zero-order chi connectivity index (χ0) is 35.6. The Morgan fingerprint density at radius 2 is 0.556 bits per heavy atom. The van der Waals surface area contributed by atoms with Crippen LogP contribution in [0.3, 0.4) is 0 Å². The second-order valence-electron chi connectivity index (χ2n) is 14.3. The van der Waals surface area contributed by atoms with Gasteiger partial charge in [0, 0.05) is 0 Å². The van der Waals surface area contributed by atoms with Crippen LogP contribution in [0.15, 0.2) is 206 Å². The molecular formula is C54H34. The summed E-state index contributed by atoms with van der Waals surface area (Å²) in [4.78, 5) is 0. The number of hydrogen-bond donors (Lipinski definition) is 0. The lowest BCUT2D eigenvalue weighted by atomic mass is 9.80. The molecule has 0 saturated heterocycles. The molecule has 0 radical (unpaired) electrons. The van der Waals surface area contributed by atoms with E-state index in [1.165, 1.54) is 109 Å². The maximum atomic E-state index is 2.38. The summed E-state index contributed by atoms with van der Waals surface area (Å²) < 4.78 is 0. The monoisotopic (exact) mass is 682 g/mol. The molecule has 0 heteroatoms. The molecule has 0 aliphatic heterocycles. The molecule has 0 N–H and O–H groups in total. The van der Waals surface area contributed by atoms with Crippen molar-refractivity contribution in [3.05, 3.63) is 206 Å². The number of rotatable bonds is 5. The molecule has 11 aromatic carbocycles. The van der Waals surface area contributed by atoms with E-state index in [0.717, 1.165) is 0 Å². The minimum Gasteiger partial charge on any atom is -0.0622 e. The Bertz CT molecular complexity index is 3060. The maximum Gasteiger partial charge on any atom is -0.00139 e. The Morgan fingerprint density at radius 3 is 1.04 bits per heavy atom. The van der Waals surface area contributed by atoms with E-state index in [4.69, 9.17) is 0 Å². The molecule has 0 nitrogen and oxygen atoms in total. The van der Waals surface area contributed by atoms with E-state index in [1.807, 2.05) is 0 Å². The lowest BCUT2D eigenvalue weighted by Crippen LogP contribution is -1.96. The first-order valence-electron chi connectivity index (χ1n) is 18.8. The molecule has 54 heavy (non-hydrogen) atoms. The summed E-state index contributed by atoms with van der Waals surface area (Å²) in [5, 5.41) is 12.8. The summed E-state index contributed by atoms with van der Waals surface area (Å²) in [6.45, 7) is 0. The highest BCUT2D eigenvalue weighted by atomic mass is 14.3. The van der Waals surface area contributed by atoms with Crippen LogP contribution in [0.1, 0.15) is 0 Å². The average molecular weight is 683 g/mol. The van der Waals surface area contributed by atoms with E-state index in [-0.39, 0.29) is 0 Å². The molecule has 0 unspecified atom stereocenters. The Kier molecular flexibility index (Phi) is 6.97. The molecule has 0 aliphatic rings. The van der Waals surface area contributed by atoms with Crippen molar-refractivity contribution in [3.8, 4) is 55.6 Å². The summed E-state index contributed by atoms with van der Waals surface area (Å²) in [5.41, 5.74) is 12.5. The van der Waals surface area contributed by atoms with Gasteiger partial charge >= 0.3 is 0 Å². The first-order chi connectivity index (χ1) is 26.8. The van der Waals surface area contributed by atoms with Crippen LogP contribution in [0.4, 0.5) is 0 Å². The predicted octanol–water partition coefficient (Wildman–Crippen LogP) is 15.2. The van der Waals surface area contributed by atoms with Crippen LogP contribution in [0.2, 0.25) is 0 Å². The van der Waals surface area contributed by atoms with E-state index in [0.29, 0.717) is 0 Å². The van der Waals surface area contributed by atoms with Gasteiger partial charge in [-0.15, -0.1) is 0 Å². The van der Waals surface area contributed by atoms with Crippen molar-refractivity contribution in [1.82, 2.24) is 0 Å². The first kappa shape index (κ1) is 30.6. The van der Waals surface area contributed by atoms with Crippen LogP contribution in [-0.4, -0.2) is 0 Å². The third-order valence-electron chi connectivity index (χ3n) is 11.4. The fourth-order valence-electron chi connectivity index (χ4n) is 9.11. The van der Waals surface area contributed by atoms with Crippen molar-refractivity contribution in [2.24, 2.45) is 0 Å². The second kappa shape index (κ2) is 12.3. The Balaban J connectivity index is 1.26. The topological polar surface area (TPSA) is 0 Å². The van der Waals surface area contributed by atoms with Crippen LogP contribution in [0, 0.1) is 0 Å². The highest BCUT2D eigenvalue weighted by molar-refractivity contribution is 6.31. The van der Waals surface area contributed by atoms with Crippen LogP contribution >= 0.6 is 0 Å². The van der Waals surface area contributed by atoms with Gasteiger partial charge in [0.2, 0.25) is 0 Å². The molecule has 11 aromatic rings. The highest BCUT2D eigenvalue weighted by Gasteiger charge is 2.23. The molecule has 0 amide bonds. The lowest BCUT2D eigenvalue weighted by molar-refractivity contribution is 1.58. The zero-order valence-corrected chi connectivity index (χ0v) is 29.6. The summed E-state index contributed by atoms with van der Waals surface area (Å²) in [6, 6.07) is 76.0. The quantitative estimate of drug-likeness (QED) is 0.125. The zero-order valence-electron chi connectivity index (χ0n) is 29.6. The molecule has 0 spiro atoms. The van der Waals surface area contributed by atoms with Crippen LogP contribution in [-0.2, 0) is 0 Å². The first-order valence-corrected chi connectivity index (χ1v) is 18.8. The second-order valence-corrected chi connectivity index (χ2v) is 14.3. The van der Waals surface area contributed by atoms with Gasteiger partial charge in [-0.05, 0) is 109 Å². The standard InChI is InChI=1S/C54H34/c1-4-15-35(16-5-1)40-31-29-38-27-28-39-30-32-49(48-34-33-47(40)50(38)51(39)48)52-43-21-10-12-23-45(43)54(46-24-13-11-22-44(46)52)53-41(36-17-6-2-7-18-36)25-14-26-42(53)37-19-8-3-9-20-37/h1-34H. The molecule has 250 valence electrons. The van der Waals surface area contributed by atoms with Crippen LogP contribution in [0.5, 0.6) is 0 Å². The van der Waals surface area contributed by atoms with E-state index in [1.54, 1.807) is 0 Å². The maximum absolute atomic E-state index is 2.38. The van der Waals surface area contributed by atoms with Gasteiger partial charge in [0.25, 0.3) is 0 Å². The van der Waals surface area contributed by atoms with Crippen molar-refractivity contribution < 1.29 is 0 Å². The van der Waals surface area contributed by atoms with E-state index in [2.05, 4.69) is 206 Å². The Hall–Kier alpha value is -7.02. The van der Waals surface area contributed by atoms with Gasteiger partial charge in [-0.3, -0.25) is 0 Å². The number of benzene rings is 11. The third-order valence-corrected chi connectivity index (χ3v) is 11.4. The summed E-state index contributed by atoms with van der Waals surface area (Å²) >= 11 is 0. The number of hydrogen-bond acceptors (Lipinski definition) is 0. The summed E-state index contributed by atoms with van der Waals surface area (Å²) in [5.74, 6) is 0. The molecule has 0 aromatic heterocycles. The van der Waals surface area contributed by atoms with Gasteiger partial charge in [-0.1, -0.05) is 206 Å². The van der Waals surface area contributed by atoms with Crippen molar-refractivity contribution in [2.75, 3.05) is 0 Å². The van der Waals surface area contributed by atoms with E-state index >= 15 is 0 Å². The largest absolute Gasteiger partial charge is 0.0622 e. The normalized spacial score (nSPS) is 11.7. The van der Waals surface area contributed by atoms with Gasteiger partial charge in [0.1, 0.15) is 0 Å². The molecule has 11 rings (SSSR count). The van der Waals surface area contributed by atoms with Gasteiger partial charge in [0.15, 0.2) is 0 Å². The average Bonchev–Trinajstić information content (AvgIpc) is 3.25. The van der Waals surface area contributed by atoms with Gasteiger partial charge < -0.3 is 0 Å². The molecular weight excluding hydrogens is 649 g/mol. The molecule has 0 fully saturated rings. The van der Waals surface area contributed by atoms with Crippen LogP contribution < -0.4 is 0 Å². The molecule has 0 aliphatic carbocycles. The molecule has 0 heterocycles. The van der Waals surface area contributed by atoms with Gasteiger partial charge in [0.05, 0.1) is 0 Å². The Labute approximate surface area is 314 Å².